The third kappa shape index (κ3) is 3.27. The standard InChI is InChI=1S/C40H28N6/c41-33-24-29-28-20-10-12-22-31(28)45(27-18-8-3-9-19-27)35(29)34-36-40(33,34)30-21-11-13-23-32(30)46(36)39-43-37(25-14-4-1-5-15-25)42-38(44-39)26-16-6-2-7-17-26/h1-24,34,36H,41H2/t34-,36?,40?/m1/s1. The van der Waals surface area contributed by atoms with Gasteiger partial charge in [-0.3, -0.25) is 0 Å². The molecule has 0 bridgehead atoms. The highest BCUT2D eigenvalue weighted by atomic mass is 15.4. The maximum Gasteiger partial charge on any atom is 0.234 e. The Morgan fingerprint density at radius 3 is 1.89 bits per heavy atom. The Kier molecular flexibility index (Phi) is 5.09. The van der Waals surface area contributed by atoms with Gasteiger partial charge in [-0.25, -0.2) is 4.98 Å². The summed E-state index contributed by atoms with van der Waals surface area (Å²) in [4.78, 5) is 17.7. The summed E-state index contributed by atoms with van der Waals surface area (Å²) in [5.41, 5.74) is 16.7. The minimum atomic E-state index is -0.392. The molecular weight excluding hydrogens is 564 g/mol. The number of fused-ring (bicyclic) bond motifs is 6. The van der Waals surface area contributed by atoms with E-state index in [9.17, 15) is 0 Å². The van der Waals surface area contributed by atoms with Gasteiger partial charge in [-0.2, -0.15) is 9.97 Å². The van der Waals surface area contributed by atoms with Crippen LogP contribution in [0.15, 0.2) is 145 Å². The van der Waals surface area contributed by atoms with Crippen molar-refractivity contribution in [2.75, 3.05) is 4.90 Å². The number of rotatable bonds is 4. The molecule has 3 atom stereocenters. The molecule has 10 rings (SSSR count). The summed E-state index contributed by atoms with van der Waals surface area (Å²) in [6.07, 6.45) is 2.23. The number of hydrogen-bond donors (Lipinski definition) is 1. The van der Waals surface area contributed by atoms with Crippen LogP contribution >= 0.6 is 0 Å². The maximum atomic E-state index is 7.22. The molecule has 1 aliphatic heterocycles. The predicted octanol–water partition coefficient (Wildman–Crippen LogP) is 8.02. The van der Waals surface area contributed by atoms with Gasteiger partial charge in [0, 0.05) is 50.8 Å². The molecule has 1 spiro atoms. The van der Waals surface area contributed by atoms with Crippen LogP contribution in [-0.2, 0) is 5.41 Å². The highest BCUT2D eigenvalue weighted by molar-refractivity contribution is 5.98. The van der Waals surface area contributed by atoms with Gasteiger partial charge in [0.1, 0.15) is 0 Å². The fourth-order valence-corrected chi connectivity index (χ4v) is 8.11. The monoisotopic (exact) mass is 592 g/mol. The molecule has 218 valence electrons. The van der Waals surface area contributed by atoms with Crippen molar-refractivity contribution in [3.05, 3.63) is 162 Å². The maximum absolute atomic E-state index is 7.22. The van der Waals surface area contributed by atoms with Crippen LogP contribution in [0.25, 0.3) is 45.4 Å². The summed E-state index contributed by atoms with van der Waals surface area (Å²) < 4.78 is 2.44. The Balaban J connectivity index is 1.23. The van der Waals surface area contributed by atoms with E-state index in [2.05, 4.69) is 119 Å². The van der Waals surface area contributed by atoms with Gasteiger partial charge in [0.05, 0.1) is 17.0 Å². The Hall–Kier alpha value is -6.01. The molecule has 2 N–H and O–H groups in total. The molecule has 46 heavy (non-hydrogen) atoms. The number of anilines is 2. The van der Waals surface area contributed by atoms with E-state index in [1.807, 2.05) is 36.4 Å². The second kappa shape index (κ2) is 9.25. The molecule has 6 heteroatoms. The first-order chi connectivity index (χ1) is 22.7. The molecule has 5 aromatic carbocycles. The molecule has 2 aliphatic carbocycles. The van der Waals surface area contributed by atoms with Crippen LogP contribution < -0.4 is 10.6 Å². The molecule has 0 radical (unpaired) electrons. The number of para-hydroxylation sites is 3. The summed E-state index contributed by atoms with van der Waals surface area (Å²) in [7, 11) is 0. The first kappa shape index (κ1) is 25.3. The Bertz CT molecular complexity index is 2290. The zero-order chi connectivity index (χ0) is 30.4. The van der Waals surface area contributed by atoms with Crippen molar-refractivity contribution in [1.82, 2.24) is 19.5 Å². The van der Waals surface area contributed by atoms with Crippen LogP contribution in [0, 0.1) is 0 Å². The highest BCUT2D eigenvalue weighted by Crippen LogP contribution is 2.75. The first-order valence-corrected chi connectivity index (χ1v) is 15.7. The molecular formula is C40H28N6. The van der Waals surface area contributed by atoms with E-state index in [4.69, 9.17) is 20.7 Å². The van der Waals surface area contributed by atoms with Gasteiger partial charge in [-0.1, -0.05) is 115 Å². The second-order valence-electron chi connectivity index (χ2n) is 12.3. The average Bonchev–Trinajstić information content (AvgIpc) is 3.57. The molecule has 1 saturated carbocycles. The van der Waals surface area contributed by atoms with Gasteiger partial charge in [-0.15, -0.1) is 0 Å². The van der Waals surface area contributed by atoms with Gasteiger partial charge in [0.2, 0.25) is 5.95 Å². The summed E-state index contributed by atoms with van der Waals surface area (Å²) in [5.74, 6) is 2.03. The zero-order valence-corrected chi connectivity index (χ0v) is 24.8. The predicted molar refractivity (Wildman–Crippen MR) is 183 cm³/mol. The van der Waals surface area contributed by atoms with E-state index in [1.165, 1.54) is 27.7 Å². The number of nitrogens with two attached hydrogens (primary N) is 1. The average molecular weight is 593 g/mol. The fourth-order valence-electron chi connectivity index (χ4n) is 8.11. The van der Waals surface area contributed by atoms with Crippen molar-refractivity contribution in [3.63, 3.8) is 0 Å². The van der Waals surface area contributed by atoms with E-state index in [0.29, 0.717) is 17.6 Å². The molecule has 7 aromatic rings. The first-order valence-electron chi connectivity index (χ1n) is 15.7. The summed E-state index contributed by atoms with van der Waals surface area (Å²) in [5, 5.41) is 1.21. The van der Waals surface area contributed by atoms with E-state index in [1.54, 1.807) is 0 Å². The Labute approximate surface area is 266 Å². The summed E-state index contributed by atoms with van der Waals surface area (Å²) in [6, 6.07) is 48.3. The van der Waals surface area contributed by atoms with E-state index >= 15 is 0 Å². The SMILES string of the molecule is NC1=Cc2c(n(-c3ccccc3)c3ccccc23)[C@@H]2C3N(c4nc(-c5ccccc5)nc(-c5ccccc5)n4)c4ccccc4C132. The van der Waals surface area contributed by atoms with Crippen molar-refractivity contribution in [3.8, 4) is 28.5 Å². The third-order valence-corrected chi connectivity index (χ3v) is 9.99. The molecule has 0 amide bonds. The quantitative estimate of drug-likeness (QED) is 0.224. The van der Waals surface area contributed by atoms with E-state index < -0.39 is 5.41 Å². The number of hydrogen-bond acceptors (Lipinski definition) is 5. The molecule has 3 aliphatic rings. The highest BCUT2D eigenvalue weighted by Gasteiger charge is 2.77. The van der Waals surface area contributed by atoms with Crippen molar-refractivity contribution in [2.24, 2.45) is 5.73 Å². The smallest absolute Gasteiger partial charge is 0.234 e. The van der Waals surface area contributed by atoms with Crippen molar-refractivity contribution in [1.29, 1.82) is 0 Å². The molecule has 0 saturated heterocycles. The second-order valence-corrected chi connectivity index (χ2v) is 12.3. The van der Waals surface area contributed by atoms with Crippen molar-refractivity contribution in [2.45, 2.75) is 17.4 Å². The number of nitrogens with zero attached hydrogens (tertiary/aromatic N) is 5. The normalized spacial score (nSPS) is 20.4. The van der Waals surface area contributed by atoms with Crippen molar-refractivity contribution < 1.29 is 0 Å². The number of benzene rings is 5. The van der Waals surface area contributed by atoms with Crippen LogP contribution in [0.1, 0.15) is 22.7 Å². The van der Waals surface area contributed by atoms with Gasteiger partial charge in [0.15, 0.2) is 11.6 Å². The van der Waals surface area contributed by atoms with Crippen LogP contribution in [0.2, 0.25) is 0 Å². The van der Waals surface area contributed by atoms with Gasteiger partial charge >= 0.3 is 0 Å². The van der Waals surface area contributed by atoms with Crippen LogP contribution in [0.3, 0.4) is 0 Å². The molecule has 2 unspecified atom stereocenters. The largest absolute Gasteiger partial charge is 0.401 e. The summed E-state index contributed by atoms with van der Waals surface area (Å²) in [6.45, 7) is 0. The van der Waals surface area contributed by atoms with E-state index in [-0.39, 0.29) is 12.0 Å². The fraction of sp³-hybridized carbons (Fsp3) is 0.0750. The minimum Gasteiger partial charge on any atom is -0.401 e. The summed E-state index contributed by atoms with van der Waals surface area (Å²) >= 11 is 0. The van der Waals surface area contributed by atoms with Gasteiger partial charge in [0.25, 0.3) is 0 Å². The molecule has 2 aromatic heterocycles. The van der Waals surface area contributed by atoms with Crippen LogP contribution in [-0.4, -0.2) is 25.6 Å². The Morgan fingerprint density at radius 1 is 0.609 bits per heavy atom. The molecule has 1 fully saturated rings. The van der Waals surface area contributed by atoms with Crippen LogP contribution in [0.5, 0.6) is 0 Å². The Morgan fingerprint density at radius 2 is 1.20 bits per heavy atom. The van der Waals surface area contributed by atoms with Crippen molar-refractivity contribution >= 4 is 28.6 Å². The van der Waals surface area contributed by atoms with E-state index in [0.717, 1.165) is 28.2 Å². The number of aromatic nitrogens is 4. The topological polar surface area (TPSA) is 72.9 Å². The van der Waals surface area contributed by atoms with Crippen LogP contribution in [0.4, 0.5) is 11.6 Å². The lowest BCUT2D eigenvalue weighted by molar-refractivity contribution is 0.751. The third-order valence-electron chi connectivity index (χ3n) is 9.99. The van der Waals surface area contributed by atoms with Gasteiger partial charge in [-0.05, 0) is 35.9 Å². The zero-order valence-electron chi connectivity index (χ0n) is 24.8. The molecule has 3 heterocycles. The lowest BCUT2D eigenvalue weighted by atomic mass is 9.83. The molecule has 6 nitrogen and oxygen atoms in total. The lowest BCUT2D eigenvalue weighted by Crippen LogP contribution is -2.24. The van der Waals surface area contributed by atoms with Gasteiger partial charge < -0.3 is 15.2 Å². The minimum absolute atomic E-state index is 0.00354. The lowest BCUT2D eigenvalue weighted by Gasteiger charge is -2.26.